The molecule has 5 aliphatic rings. The van der Waals surface area contributed by atoms with Crippen LogP contribution in [0.25, 0.3) is 11.1 Å². The normalized spacial score (nSPS) is 25.8. The third-order valence-corrected chi connectivity index (χ3v) is 14.1. The van der Waals surface area contributed by atoms with E-state index in [1.165, 1.54) is 17.4 Å². The summed E-state index contributed by atoms with van der Waals surface area (Å²) in [4.78, 5) is 93.1. The molecule has 0 aromatic heterocycles. The first-order chi connectivity index (χ1) is 31.6. The molecule has 2 unspecified atom stereocenters. The van der Waals surface area contributed by atoms with E-state index in [0.29, 0.717) is 11.5 Å². The molecule has 0 spiro atoms. The molecule has 2 heterocycles. The van der Waals surface area contributed by atoms with Gasteiger partial charge in [-0.25, -0.2) is 0 Å². The van der Waals surface area contributed by atoms with Gasteiger partial charge in [-0.2, -0.15) is 0 Å². The largest absolute Gasteiger partial charge is 0.497 e. The van der Waals surface area contributed by atoms with Gasteiger partial charge in [0.1, 0.15) is 24.2 Å². The zero-order valence-electron chi connectivity index (χ0n) is 38.9. The van der Waals surface area contributed by atoms with E-state index >= 15 is 0 Å². The fraction of sp³-hybridized carbons (Fsp3) is 0.587. The summed E-state index contributed by atoms with van der Waals surface area (Å²) in [6, 6.07) is 9.32. The van der Waals surface area contributed by atoms with Crippen LogP contribution >= 0.6 is 0 Å². The summed E-state index contributed by atoms with van der Waals surface area (Å²) in [6.45, 7) is 9.74. The first-order valence-corrected chi connectivity index (χ1v) is 23.2. The maximum absolute atomic E-state index is 13.6. The number of aliphatic hydroxyl groups is 1. The van der Waals surface area contributed by atoms with Crippen molar-refractivity contribution in [1.82, 2.24) is 31.5 Å². The molecule has 5 fully saturated rings. The molecule has 3 saturated carbocycles. The van der Waals surface area contributed by atoms with Crippen LogP contribution in [-0.2, 0) is 44.5 Å². The highest BCUT2D eigenvalue weighted by molar-refractivity contribution is 6.47. The van der Waals surface area contributed by atoms with Crippen molar-refractivity contribution in [3.8, 4) is 11.1 Å². The minimum atomic E-state index is -1.85. The van der Waals surface area contributed by atoms with Crippen LogP contribution in [0.15, 0.2) is 48.5 Å². The summed E-state index contributed by atoms with van der Waals surface area (Å²) in [5.74, 6) is -4.99. The number of rotatable bonds is 20. The van der Waals surface area contributed by atoms with Gasteiger partial charge < -0.3 is 68.8 Å². The van der Waals surface area contributed by atoms with E-state index in [2.05, 4.69) is 71.6 Å². The van der Waals surface area contributed by atoms with Crippen LogP contribution in [0, 0.1) is 17.3 Å². The number of aliphatic hydroxyl groups excluding tert-OH is 1. The second kappa shape index (κ2) is 21.2. The lowest BCUT2D eigenvalue weighted by atomic mass is 9.43. The molecule has 67 heavy (non-hydrogen) atoms. The number of aryl methyl sites for hydroxylation is 1. The maximum Gasteiger partial charge on any atom is 0.497 e. The molecule has 2 aliphatic heterocycles. The zero-order chi connectivity index (χ0) is 49.0. The lowest BCUT2D eigenvalue weighted by Crippen LogP contribution is -2.65. The Morgan fingerprint density at radius 3 is 2.15 bits per heavy atom. The number of benzene rings is 2. The third-order valence-electron chi connectivity index (χ3n) is 14.1. The third kappa shape index (κ3) is 11.6. The maximum atomic E-state index is 13.6. The van der Waals surface area contributed by atoms with Crippen molar-refractivity contribution in [3.05, 3.63) is 59.7 Å². The van der Waals surface area contributed by atoms with Crippen molar-refractivity contribution in [2.45, 2.75) is 140 Å². The number of nitrogens with two attached hydrogens (primary N) is 4. The minimum Gasteiger partial charge on any atom is -0.403 e. The molecular weight excluding hydrogens is 863 g/mol. The number of carbonyl (C=O) groups excluding carboxylic acids is 7. The van der Waals surface area contributed by atoms with Crippen LogP contribution in [0.4, 0.5) is 0 Å². The Morgan fingerprint density at radius 1 is 0.881 bits per heavy atom. The average Bonchev–Trinajstić information content (AvgIpc) is 3.86. The Bertz CT molecular complexity index is 2160. The van der Waals surface area contributed by atoms with Crippen LogP contribution in [0.2, 0.25) is 0 Å². The molecule has 364 valence electrons. The number of hydrogen-bond acceptors (Lipinski definition) is 13. The van der Waals surface area contributed by atoms with E-state index < -0.39 is 97.1 Å². The minimum absolute atomic E-state index is 0.0211. The SMILES string of the molecule is CCCCc1ccc(-c2ccc(C(=O)NCCC(=O)N3C[C@@H](N)C[C@H]3C(=O)N[C@H](C(=O)N[C@@H](N)C(=O)N[C@@H](CC(N)=O)C(=O)N[C@@H](N)B3OC4C[C@@H]5C[C@@H](C5(C)C)[C@]4(C)O3)C(C)O)cc2)cc1. The fourth-order valence-electron chi connectivity index (χ4n) is 10.0. The number of hydrogen-bond donors (Lipinski definition) is 10. The van der Waals surface area contributed by atoms with E-state index in [0.717, 1.165) is 43.2 Å². The molecule has 11 atom stereocenters. The molecule has 0 radical (unpaired) electrons. The smallest absolute Gasteiger partial charge is 0.403 e. The van der Waals surface area contributed by atoms with Gasteiger partial charge in [0.2, 0.25) is 29.5 Å². The summed E-state index contributed by atoms with van der Waals surface area (Å²) < 4.78 is 12.4. The van der Waals surface area contributed by atoms with Gasteiger partial charge in [0.05, 0.1) is 24.2 Å². The second-order valence-corrected chi connectivity index (χ2v) is 19.3. The number of nitrogens with zero attached hydrogens (tertiary/aromatic N) is 1. The standard InChI is InChI=1S/C46H67BN10O10/c1-6-7-8-25-9-11-26(12-10-25)27-13-15-28(16-14-27)39(61)52-18-17-36(60)57-23-30(48)21-32(57)41(63)54-37(24(2)58)42(64)55-38(50)43(65)53-31(22-35(49)59)40(62)56-44(51)47-66-34-20-29-19-33(45(29,3)4)46(34,5)67-47/h9-16,24,29-34,37-38,44,58H,6-8,17-23,48,50-51H2,1-5H3,(H2,49,59)(H,52,61)(H,53,65)(H,54,63)(H,55,64)(H,56,62)/t24?,29-,30-,31-,32-,33-,34?,37-,38+,44+,46-/m0/s1. The monoisotopic (exact) mass is 931 g/mol. The molecule has 2 aromatic rings. The van der Waals surface area contributed by atoms with Gasteiger partial charge in [0.15, 0.2) is 6.17 Å². The molecule has 21 heteroatoms. The molecule has 7 rings (SSSR count). The predicted octanol–water partition coefficient (Wildman–Crippen LogP) is -0.960. The molecule has 20 nitrogen and oxygen atoms in total. The van der Waals surface area contributed by atoms with Crippen molar-refractivity contribution in [1.29, 1.82) is 0 Å². The molecular formula is C46H67BN10O10. The van der Waals surface area contributed by atoms with E-state index in [-0.39, 0.29) is 49.3 Å². The summed E-state index contributed by atoms with van der Waals surface area (Å²) in [7, 11) is -1.01. The summed E-state index contributed by atoms with van der Waals surface area (Å²) >= 11 is 0. The van der Waals surface area contributed by atoms with Gasteiger partial charge in [-0.05, 0) is 92.0 Å². The van der Waals surface area contributed by atoms with Crippen LogP contribution in [-0.4, -0.2) is 126 Å². The van der Waals surface area contributed by atoms with Gasteiger partial charge >= 0.3 is 7.12 Å². The first-order valence-electron chi connectivity index (χ1n) is 23.2. The summed E-state index contributed by atoms with van der Waals surface area (Å²) in [5.41, 5.74) is 27.0. The summed E-state index contributed by atoms with van der Waals surface area (Å²) in [5, 5.41) is 22.7. The van der Waals surface area contributed by atoms with Crippen molar-refractivity contribution in [2.24, 2.45) is 40.2 Å². The van der Waals surface area contributed by atoms with Gasteiger partial charge in [0, 0.05) is 31.1 Å². The number of amides is 7. The van der Waals surface area contributed by atoms with E-state index in [1.807, 2.05) is 19.1 Å². The Hall–Kier alpha value is -5.45. The zero-order valence-corrected chi connectivity index (χ0v) is 38.9. The molecule has 14 N–H and O–H groups in total. The van der Waals surface area contributed by atoms with Crippen LogP contribution in [0.3, 0.4) is 0 Å². The van der Waals surface area contributed by atoms with Crippen molar-refractivity contribution in [3.63, 3.8) is 0 Å². The molecule has 7 amide bonds. The molecule has 2 bridgehead atoms. The number of unbranched alkanes of at least 4 members (excludes halogenated alkanes) is 1. The Kier molecular flexibility index (Phi) is 16.2. The molecule has 2 aromatic carbocycles. The van der Waals surface area contributed by atoms with Crippen LogP contribution in [0.5, 0.6) is 0 Å². The highest BCUT2D eigenvalue weighted by atomic mass is 16.7. The average molecular weight is 931 g/mol. The predicted molar refractivity (Wildman–Crippen MR) is 247 cm³/mol. The van der Waals surface area contributed by atoms with Gasteiger partial charge in [-0.1, -0.05) is 63.6 Å². The fourth-order valence-corrected chi connectivity index (χ4v) is 10.0. The first kappa shape index (κ1) is 51.0. The quantitative estimate of drug-likeness (QED) is 0.0566. The second-order valence-electron chi connectivity index (χ2n) is 19.3. The van der Waals surface area contributed by atoms with E-state index in [1.54, 1.807) is 12.1 Å². The van der Waals surface area contributed by atoms with Crippen molar-refractivity contribution < 1.29 is 48.0 Å². The lowest BCUT2D eigenvalue weighted by molar-refractivity contribution is -0.199. The Balaban J connectivity index is 0.972. The number of likely N-dealkylation sites (tertiary alicyclic amines) is 1. The Labute approximate surface area is 391 Å². The van der Waals surface area contributed by atoms with Crippen LogP contribution in [0.1, 0.15) is 95.5 Å². The highest BCUT2D eigenvalue weighted by Gasteiger charge is 2.68. The van der Waals surface area contributed by atoms with Gasteiger partial charge in [0.25, 0.3) is 11.8 Å². The van der Waals surface area contributed by atoms with E-state index in [4.69, 9.17) is 32.2 Å². The number of primary amides is 1. The van der Waals surface area contributed by atoms with Gasteiger partial charge in [-0.15, -0.1) is 0 Å². The van der Waals surface area contributed by atoms with Gasteiger partial charge in [-0.3, -0.25) is 33.6 Å². The van der Waals surface area contributed by atoms with E-state index in [9.17, 15) is 38.7 Å². The topological polar surface area (TPSA) is 326 Å². The molecule has 2 saturated heterocycles. The lowest BCUT2D eigenvalue weighted by Gasteiger charge is -2.64. The molecule has 3 aliphatic carbocycles. The summed E-state index contributed by atoms with van der Waals surface area (Å²) in [6.07, 6.45) is 0.697. The Morgan fingerprint density at radius 2 is 1.54 bits per heavy atom. The number of nitrogens with one attached hydrogen (secondary N) is 5. The highest BCUT2D eigenvalue weighted by Crippen LogP contribution is 2.65. The number of carbonyl (C=O) groups is 7. The van der Waals surface area contributed by atoms with Crippen LogP contribution < -0.4 is 49.5 Å². The van der Waals surface area contributed by atoms with Crippen molar-refractivity contribution >= 4 is 48.5 Å². The van der Waals surface area contributed by atoms with Crippen molar-refractivity contribution in [2.75, 3.05) is 13.1 Å².